The van der Waals surface area contributed by atoms with Gasteiger partial charge in [0.05, 0.1) is 30.0 Å². The van der Waals surface area contributed by atoms with Crippen LogP contribution in [0.25, 0.3) is 32.5 Å². The van der Waals surface area contributed by atoms with Gasteiger partial charge in [0, 0.05) is 94.1 Å². The van der Waals surface area contributed by atoms with E-state index in [0.717, 1.165) is 84.1 Å². The van der Waals surface area contributed by atoms with Gasteiger partial charge in [0.15, 0.2) is 11.6 Å². The molecule has 206 valence electrons. The maximum absolute atomic E-state index is 12.7. The van der Waals surface area contributed by atoms with Crippen LogP contribution >= 0.6 is 11.3 Å². The van der Waals surface area contributed by atoms with E-state index >= 15 is 0 Å². The summed E-state index contributed by atoms with van der Waals surface area (Å²) in [5, 5.41) is 1.13. The molecule has 0 aliphatic carbocycles. The SMILES string of the molecule is COCCN(C)C(=O)N1CCN(Cc2cc3nc(-c4cccc5[nH]ccc45)nc(N4CCOCC4)c3s2)CC1. The van der Waals surface area contributed by atoms with Gasteiger partial charge in [0.25, 0.3) is 0 Å². The van der Waals surface area contributed by atoms with Gasteiger partial charge < -0.3 is 29.2 Å². The molecule has 0 unspecified atom stereocenters. The van der Waals surface area contributed by atoms with E-state index in [4.69, 9.17) is 19.4 Å². The van der Waals surface area contributed by atoms with Gasteiger partial charge in [-0.1, -0.05) is 12.1 Å². The van der Waals surface area contributed by atoms with E-state index in [-0.39, 0.29) is 6.03 Å². The normalized spacial score (nSPS) is 16.9. The van der Waals surface area contributed by atoms with Crippen LogP contribution in [0.15, 0.2) is 36.5 Å². The summed E-state index contributed by atoms with van der Waals surface area (Å²) < 4.78 is 11.9. The number of likely N-dealkylation sites (N-methyl/N-ethyl adjacent to an activating group) is 1. The summed E-state index contributed by atoms with van der Waals surface area (Å²) in [5.41, 5.74) is 3.11. The number of nitrogens with zero attached hydrogens (tertiary/aromatic N) is 6. The predicted molar refractivity (Wildman–Crippen MR) is 154 cm³/mol. The van der Waals surface area contributed by atoms with E-state index < -0.39 is 0 Å². The lowest BCUT2D eigenvalue weighted by Gasteiger charge is -2.36. The van der Waals surface area contributed by atoms with Gasteiger partial charge in [-0.15, -0.1) is 11.3 Å². The van der Waals surface area contributed by atoms with Gasteiger partial charge in [-0.2, -0.15) is 0 Å². The maximum Gasteiger partial charge on any atom is 0.319 e. The number of anilines is 1. The second-order valence-electron chi connectivity index (χ2n) is 10.1. The number of carbonyl (C=O) groups is 1. The van der Waals surface area contributed by atoms with E-state index in [1.54, 1.807) is 23.3 Å². The van der Waals surface area contributed by atoms with Crippen molar-refractivity contribution >= 4 is 44.3 Å². The van der Waals surface area contributed by atoms with Crippen LogP contribution in [0.3, 0.4) is 0 Å². The molecule has 2 aliphatic heterocycles. The topological polar surface area (TPSA) is 90.1 Å². The Labute approximate surface area is 232 Å². The first-order valence-corrected chi connectivity index (χ1v) is 14.3. The molecule has 1 N–H and O–H groups in total. The summed E-state index contributed by atoms with van der Waals surface area (Å²) >= 11 is 1.78. The number of hydrogen-bond donors (Lipinski definition) is 1. The Morgan fingerprint density at radius 1 is 1.13 bits per heavy atom. The number of carbonyl (C=O) groups excluding carboxylic acids is 1. The van der Waals surface area contributed by atoms with Crippen molar-refractivity contribution in [2.75, 3.05) is 84.7 Å². The zero-order valence-corrected chi connectivity index (χ0v) is 23.4. The summed E-state index contributed by atoms with van der Waals surface area (Å²) in [7, 11) is 3.49. The number of thiophene rings is 1. The highest BCUT2D eigenvalue weighted by atomic mass is 32.1. The fraction of sp³-hybridized carbons (Fsp3) is 0.464. The minimum atomic E-state index is 0.0731. The predicted octanol–water partition coefficient (Wildman–Crippen LogP) is 3.49. The van der Waals surface area contributed by atoms with Crippen LogP contribution < -0.4 is 4.90 Å². The zero-order chi connectivity index (χ0) is 26.8. The van der Waals surface area contributed by atoms with Gasteiger partial charge in [0.2, 0.25) is 0 Å². The van der Waals surface area contributed by atoms with E-state index in [2.05, 4.69) is 45.1 Å². The third kappa shape index (κ3) is 5.44. The number of fused-ring (bicyclic) bond motifs is 2. The van der Waals surface area contributed by atoms with E-state index in [1.165, 1.54) is 4.88 Å². The minimum Gasteiger partial charge on any atom is -0.383 e. The number of benzene rings is 1. The van der Waals surface area contributed by atoms with Crippen molar-refractivity contribution in [3.8, 4) is 11.4 Å². The second kappa shape index (κ2) is 11.5. The number of piperazine rings is 1. The summed E-state index contributed by atoms with van der Waals surface area (Å²) in [6.45, 7) is 8.19. The molecule has 11 heteroatoms. The smallest absolute Gasteiger partial charge is 0.319 e. The highest BCUT2D eigenvalue weighted by Gasteiger charge is 2.25. The lowest BCUT2D eigenvalue weighted by Crippen LogP contribution is -2.52. The molecule has 0 atom stereocenters. The Morgan fingerprint density at radius 3 is 2.74 bits per heavy atom. The van der Waals surface area contributed by atoms with Crippen molar-refractivity contribution in [1.29, 1.82) is 0 Å². The molecule has 5 heterocycles. The Morgan fingerprint density at radius 2 is 1.95 bits per heavy atom. The number of nitrogens with one attached hydrogen (secondary N) is 1. The minimum absolute atomic E-state index is 0.0731. The van der Waals surface area contributed by atoms with Crippen LogP contribution in [0.4, 0.5) is 10.6 Å². The van der Waals surface area contributed by atoms with Crippen LogP contribution in [0.1, 0.15) is 4.88 Å². The molecule has 1 aromatic carbocycles. The molecule has 0 saturated carbocycles. The van der Waals surface area contributed by atoms with Gasteiger partial charge >= 0.3 is 6.03 Å². The number of H-pyrrole nitrogens is 1. The third-order valence-electron chi connectivity index (χ3n) is 7.53. The first-order chi connectivity index (χ1) is 19.1. The van der Waals surface area contributed by atoms with Crippen molar-refractivity contribution in [1.82, 2.24) is 29.7 Å². The molecule has 2 saturated heterocycles. The highest BCUT2D eigenvalue weighted by Crippen LogP contribution is 2.36. The van der Waals surface area contributed by atoms with Crippen LogP contribution in [0, 0.1) is 0 Å². The molecular weight excluding hydrogens is 514 g/mol. The number of hydrogen-bond acceptors (Lipinski definition) is 8. The molecule has 2 aliphatic rings. The van der Waals surface area contributed by atoms with Gasteiger partial charge in [-0.05, 0) is 18.2 Å². The Hall–Kier alpha value is -3.25. The van der Waals surface area contributed by atoms with Crippen molar-refractivity contribution < 1.29 is 14.3 Å². The molecule has 0 spiro atoms. The number of rotatable bonds is 7. The quantitative estimate of drug-likeness (QED) is 0.378. The van der Waals surface area contributed by atoms with Crippen LogP contribution in [-0.4, -0.2) is 115 Å². The standard InChI is InChI=1S/C28H35N7O3S/c1-32(12-15-37-2)28(36)35-10-8-33(9-11-35)19-20-18-24-25(39-20)27(34-13-16-38-17-14-34)31-26(30-24)22-4-3-5-23-21(22)6-7-29-23/h3-7,18,29H,8-17,19H2,1-2H3. The Bertz CT molecular complexity index is 1440. The molecule has 2 amide bonds. The largest absolute Gasteiger partial charge is 0.383 e. The molecule has 6 rings (SSSR count). The first kappa shape index (κ1) is 26.0. The molecule has 0 radical (unpaired) electrons. The summed E-state index contributed by atoms with van der Waals surface area (Å²) in [6, 6.07) is 10.6. The summed E-state index contributed by atoms with van der Waals surface area (Å²) in [6.07, 6.45) is 1.96. The number of morpholine rings is 1. The third-order valence-corrected chi connectivity index (χ3v) is 8.64. The summed E-state index contributed by atoms with van der Waals surface area (Å²) in [4.78, 5) is 35.9. The zero-order valence-electron chi connectivity index (χ0n) is 22.6. The fourth-order valence-corrected chi connectivity index (χ4v) is 6.47. The van der Waals surface area contributed by atoms with Crippen molar-refractivity contribution in [2.45, 2.75) is 6.54 Å². The van der Waals surface area contributed by atoms with E-state index in [1.807, 2.05) is 18.1 Å². The number of ether oxygens (including phenoxy) is 2. The van der Waals surface area contributed by atoms with Crippen LogP contribution in [-0.2, 0) is 16.0 Å². The van der Waals surface area contributed by atoms with E-state index in [9.17, 15) is 4.79 Å². The Kier molecular flexibility index (Phi) is 7.64. The van der Waals surface area contributed by atoms with Gasteiger partial charge in [-0.3, -0.25) is 4.90 Å². The maximum atomic E-state index is 12.7. The molecular formula is C28H35N7O3S. The van der Waals surface area contributed by atoms with Gasteiger partial charge in [0.1, 0.15) is 0 Å². The van der Waals surface area contributed by atoms with Crippen LogP contribution in [0.5, 0.6) is 0 Å². The van der Waals surface area contributed by atoms with Crippen molar-refractivity contribution in [3.05, 3.63) is 41.4 Å². The van der Waals surface area contributed by atoms with Crippen molar-refractivity contribution in [3.63, 3.8) is 0 Å². The molecule has 10 nitrogen and oxygen atoms in total. The molecule has 0 bridgehead atoms. The monoisotopic (exact) mass is 549 g/mol. The molecule has 4 aromatic rings. The second-order valence-corrected chi connectivity index (χ2v) is 11.2. The first-order valence-electron chi connectivity index (χ1n) is 13.5. The average molecular weight is 550 g/mol. The lowest BCUT2D eigenvalue weighted by molar-refractivity contribution is 0.105. The number of amides is 2. The molecule has 3 aromatic heterocycles. The molecule has 39 heavy (non-hydrogen) atoms. The van der Waals surface area contributed by atoms with Crippen LogP contribution in [0.2, 0.25) is 0 Å². The highest BCUT2D eigenvalue weighted by molar-refractivity contribution is 7.19. The number of methoxy groups -OCH3 is 1. The van der Waals surface area contributed by atoms with Crippen molar-refractivity contribution in [2.24, 2.45) is 0 Å². The van der Waals surface area contributed by atoms with E-state index in [0.29, 0.717) is 26.4 Å². The average Bonchev–Trinajstić information content (AvgIpc) is 3.62. The fourth-order valence-electron chi connectivity index (χ4n) is 5.32. The Balaban J connectivity index is 1.24. The number of aromatic nitrogens is 3. The number of urea groups is 1. The number of aromatic amines is 1. The summed E-state index contributed by atoms with van der Waals surface area (Å²) in [5.74, 6) is 1.75. The van der Waals surface area contributed by atoms with Gasteiger partial charge in [-0.25, -0.2) is 14.8 Å². The molecule has 2 fully saturated rings. The lowest BCUT2D eigenvalue weighted by atomic mass is 10.1.